The van der Waals surface area contributed by atoms with Crippen molar-refractivity contribution >= 4 is 51.6 Å². The number of nitrogens with zero attached hydrogens (tertiary/aromatic N) is 3. The quantitative estimate of drug-likeness (QED) is 0.415. The lowest BCUT2D eigenvalue weighted by Gasteiger charge is -2.08. The number of rotatable bonds is 4. The lowest BCUT2D eigenvalue weighted by atomic mass is 10.1. The maximum atomic E-state index is 5.86. The topological polar surface area (TPSA) is 68.2 Å². The van der Waals surface area contributed by atoms with Crippen molar-refractivity contribution < 1.29 is 0 Å². The van der Waals surface area contributed by atoms with Crippen LogP contribution in [0.15, 0.2) is 40.1 Å². The highest BCUT2D eigenvalue weighted by molar-refractivity contribution is 14.0. The van der Waals surface area contributed by atoms with E-state index >= 15 is 0 Å². The molecular formula is C14H19BrIN5. The molecule has 5 nitrogen and oxygen atoms in total. The Morgan fingerprint density at radius 3 is 2.76 bits per heavy atom. The third-order valence-corrected chi connectivity index (χ3v) is 3.40. The van der Waals surface area contributed by atoms with Gasteiger partial charge in [0.15, 0.2) is 5.96 Å². The van der Waals surface area contributed by atoms with Crippen LogP contribution in [0.1, 0.15) is 11.1 Å². The second-order valence-corrected chi connectivity index (χ2v) is 5.53. The average molecular weight is 464 g/mol. The van der Waals surface area contributed by atoms with E-state index in [9.17, 15) is 0 Å². The number of guanidine groups is 1. The number of aromatic nitrogens is 2. The van der Waals surface area contributed by atoms with Crippen molar-refractivity contribution in [3.63, 3.8) is 0 Å². The number of halogens is 2. The van der Waals surface area contributed by atoms with Crippen LogP contribution in [-0.4, -0.2) is 22.3 Å². The lowest BCUT2D eigenvalue weighted by molar-refractivity contribution is 0.625. The monoisotopic (exact) mass is 463 g/mol. The summed E-state index contributed by atoms with van der Waals surface area (Å²) in [5, 5.41) is 7.25. The van der Waals surface area contributed by atoms with Gasteiger partial charge in [-0.1, -0.05) is 6.07 Å². The molecule has 21 heavy (non-hydrogen) atoms. The summed E-state index contributed by atoms with van der Waals surface area (Å²) in [7, 11) is 0. The molecule has 0 aliphatic rings. The number of hydrogen-bond acceptors (Lipinski definition) is 2. The van der Waals surface area contributed by atoms with Gasteiger partial charge in [-0.15, -0.1) is 24.0 Å². The Morgan fingerprint density at radius 2 is 2.14 bits per heavy atom. The van der Waals surface area contributed by atoms with Crippen LogP contribution < -0.4 is 11.1 Å². The minimum absolute atomic E-state index is 0. The molecule has 0 unspecified atom stereocenters. The van der Waals surface area contributed by atoms with Crippen molar-refractivity contribution in [3.8, 4) is 0 Å². The molecule has 0 spiro atoms. The van der Waals surface area contributed by atoms with Crippen LogP contribution in [0, 0.1) is 13.8 Å². The lowest BCUT2D eigenvalue weighted by Crippen LogP contribution is -2.23. The minimum atomic E-state index is 0. The van der Waals surface area contributed by atoms with E-state index in [-0.39, 0.29) is 24.0 Å². The summed E-state index contributed by atoms with van der Waals surface area (Å²) in [5.74, 6) is 0.416. The Balaban J connectivity index is 0.00000220. The highest BCUT2D eigenvalue weighted by Crippen LogP contribution is 2.13. The highest BCUT2D eigenvalue weighted by atomic mass is 127. The highest BCUT2D eigenvalue weighted by Gasteiger charge is 1.98. The first-order chi connectivity index (χ1) is 9.54. The van der Waals surface area contributed by atoms with E-state index in [2.05, 4.69) is 57.3 Å². The van der Waals surface area contributed by atoms with E-state index < -0.39 is 0 Å². The molecule has 7 heteroatoms. The summed E-state index contributed by atoms with van der Waals surface area (Å²) in [5.41, 5.74) is 9.30. The summed E-state index contributed by atoms with van der Waals surface area (Å²) in [6.45, 7) is 5.43. The fourth-order valence-corrected chi connectivity index (χ4v) is 2.07. The van der Waals surface area contributed by atoms with Crippen molar-refractivity contribution in [1.82, 2.24) is 9.78 Å². The van der Waals surface area contributed by atoms with E-state index in [4.69, 9.17) is 5.73 Å². The van der Waals surface area contributed by atoms with Gasteiger partial charge in [0, 0.05) is 11.9 Å². The number of benzene rings is 1. The Morgan fingerprint density at radius 1 is 1.38 bits per heavy atom. The van der Waals surface area contributed by atoms with Crippen molar-refractivity contribution in [2.24, 2.45) is 10.7 Å². The van der Waals surface area contributed by atoms with Crippen molar-refractivity contribution in [3.05, 3.63) is 46.2 Å². The summed E-state index contributed by atoms with van der Waals surface area (Å²) in [4.78, 5) is 4.28. The molecule has 1 aromatic carbocycles. The molecule has 0 atom stereocenters. The third kappa shape index (κ3) is 5.66. The molecule has 0 bridgehead atoms. The first kappa shape index (κ1) is 18.0. The molecule has 0 amide bonds. The van der Waals surface area contributed by atoms with Crippen LogP contribution >= 0.6 is 39.9 Å². The van der Waals surface area contributed by atoms with E-state index in [0.29, 0.717) is 19.0 Å². The van der Waals surface area contributed by atoms with Gasteiger partial charge >= 0.3 is 0 Å². The van der Waals surface area contributed by atoms with Crippen molar-refractivity contribution in [1.29, 1.82) is 0 Å². The zero-order valence-electron chi connectivity index (χ0n) is 12.0. The summed E-state index contributed by atoms with van der Waals surface area (Å²) < 4.78 is 2.78. The first-order valence-corrected chi connectivity index (χ1v) is 7.16. The molecule has 1 heterocycles. The van der Waals surface area contributed by atoms with Crippen LogP contribution in [-0.2, 0) is 6.54 Å². The number of hydrogen-bond donors (Lipinski definition) is 2. The largest absolute Gasteiger partial charge is 0.370 e. The van der Waals surface area contributed by atoms with Crippen molar-refractivity contribution in [2.45, 2.75) is 20.4 Å². The standard InChI is InChI=1S/C14H18BrN5.HI/c1-10-3-4-13(7-11(10)2)19-14(16)17-5-6-20-9-12(15)8-18-20;/h3-4,7-9H,5-6H2,1-2H3,(H3,16,17,19);1H. The van der Waals surface area contributed by atoms with E-state index in [1.54, 1.807) is 6.20 Å². The second-order valence-electron chi connectivity index (χ2n) is 4.61. The van der Waals surface area contributed by atoms with Gasteiger partial charge in [0.25, 0.3) is 0 Å². The zero-order chi connectivity index (χ0) is 14.5. The average Bonchev–Trinajstić information content (AvgIpc) is 2.80. The number of anilines is 1. The van der Waals surface area contributed by atoms with Gasteiger partial charge < -0.3 is 11.1 Å². The predicted octanol–water partition coefficient (Wildman–Crippen LogP) is 3.31. The predicted molar refractivity (Wildman–Crippen MR) is 101 cm³/mol. The molecule has 0 radical (unpaired) electrons. The molecule has 0 aliphatic heterocycles. The first-order valence-electron chi connectivity index (χ1n) is 6.37. The van der Waals surface area contributed by atoms with E-state index in [1.165, 1.54) is 11.1 Å². The van der Waals surface area contributed by atoms with Gasteiger partial charge in [-0.05, 0) is 53.0 Å². The van der Waals surface area contributed by atoms with Crippen LogP contribution in [0.5, 0.6) is 0 Å². The number of aryl methyl sites for hydroxylation is 2. The zero-order valence-corrected chi connectivity index (χ0v) is 15.9. The Kier molecular flexibility index (Phi) is 7.16. The molecule has 0 saturated carbocycles. The Labute approximate surface area is 150 Å². The van der Waals surface area contributed by atoms with Crippen LogP contribution in [0.3, 0.4) is 0 Å². The molecule has 0 saturated heterocycles. The SMILES string of the molecule is Cc1ccc(NC(N)=NCCn2cc(Br)cn2)cc1C.I. The second kappa shape index (κ2) is 8.38. The molecule has 3 N–H and O–H groups in total. The number of nitrogens with one attached hydrogen (secondary N) is 1. The van der Waals surface area contributed by atoms with E-state index in [0.717, 1.165) is 10.2 Å². The van der Waals surface area contributed by atoms with E-state index in [1.807, 2.05) is 16.9 Å². The van der Waals surface area contributed by atoms with Crippen LogP contribution in [0.4, 0.5) is 5.69 Å². The Bertz CT molecular complexity index is 624. The number of aliphatic imine (C=N–C) groups is 1. The van der Waals surface area contributed by atoms with Crippen molar-refractivity contribution in [2.75, 3.05) is 11.9 Å². The molecule has 0 fully saturated rings. The van der Waals surface area contributed by atoms with Gasteiger partial charge in [-0.3, -0.25) is 9.67 Å². The van der Waals surface area contributed by atoms with Gasteiger partial charge in [0.05, 0.1) is 23.8 Å². The molecule has 2 rings (SSSR count). The molecule has 114 valence electrons. The van der Waals surface area contributed by atoms with Gasteiger partial charge in [0.2, 0.25) is 0 Å². The van der Waals surface area contributed by atoms with Crippen LogP contribution in [0.25, 0.3) is 0 Å². The van der Waals surface area contributed by atoms with Crippen LogP contribution in [0.2, 0.25) is 0 Å². The third-order valence-electron chi connectivity index (χ3n) is 2.99. The Hall–Kier alpha value is -1.09. The fourth-order valence-electron chi connectivity index (χ4n) is 1.74. The molecule has 2 aromatic rings. The minimum Gasteiger partial charge on any atom is -0.370 e. The smallest absolute Gasteiger partial charge is 0.193 e. The maximum absolute atomic E-state index is 5.86. The maximum Gasteiger partial charge on any atom is 0.193 e. The fraction of sp³-hybridized carbons (Fsp3) is 0.286. The molecule has 0 aliphatic carbocycles. The summed E-state index contributed by atoms with van der Waals surface area (Å²) in [6.07, 6.45) is 3.66. The summed E-state index contributed by atoms with van der Waals surface area (Å²) >= 11 is 3.35. The van der Waals surface area contributed by atoms with Gasteiger partial charge in [-0.2, -0.15) is 5.10 Å². The number of nitrogens with two attached hydrogens (primary N) is 1. The normalized spacial score (nSPS) is 11.1. The molecular weight excluding hydrogens is 445 g/mol. The molecule has 1 aromatic heterocycles. The van der Waals surface area contributed by atoms with Gasteiger partial charge in [0.1, 0.15) is 0 Å². The van der Waals surface area contributed by atoms with Gasteiger partial charge in [-0.25, -0.2) is 0 Å². The summed E-state index contributed by atoms with van der Waals surface area (Å²) in [6, 6.07) is 6.11.